The lowest BCUT2D eigenvalue weighted by atomic mass is 10.1. The smallest absolute Gasteiger partial charge is 0.326 e. The Balaban J connectivity index is 2.50. The van der Waals surface area contributed by atoms with Crippen LogP contribution in [-0.4, -0.2) is 45.6 Å². The molecule has 0 aliphatic rings. The van der Waals surface area contributed by atoms with E-state index >= 15 is 0 Å². The average molecular weight is 255 g/mol. The SMILES string of the molecule is NC(=O)NCC(=O)N[C@H](Cc1cnc[nH]1)C(=O)O. The number of nitrogens with zero attached hydrogens (tertiary/aromatic N) is 1. The third-order valence-corrected chi connectivity index (χ3v) is 2.04. The highest BCUT2D eigenvalue weighted by Crippen LogP contribution is 1.98. The fourth-order valence-electron chi connectivity index (χ4n) is 1.23. The van der Waals surface area contributed by atoms with E-state index in [-0.39, 0.29) is 13.0 Å². The van der Waals surface area contributed by atoms with Crippen molar-refractivity contribution in [2.24, 2.45) is 5.73 Å². The summed E-state index contributed by atoms with van der Waals surface area (Å²) in [7, 11) is 0. The Morgan fingerprint density at radius 2 is 2.22 bits per heavy atom. The fourth-order valence-corrected chi connectivity index (χ4v) is 1.23. The second-order valence-electron chi connectivity index (χ2n) is 3.46. The van der Waals surface area contributed by atoms with Gasteiger partial charge in [0.15, 0.2) is 0 Å². The normalized spacial score (nSPS) is 11.6. The minimum absolute atomic E-state index is 0.0671. The van der Waals surface area contributed by atoms with E-state index in [1.54, 1.807) is 0 Å². The third-order valence-electron chi connectivity index (χ3n) is 2.04. The Morgan fingerprint density at radius 1 is 1.50 bits per heavy atom. The Morgan fingerprint density at radius 3 is 2.72 bits per heavy atom. The van der Waals surface area contributed by atoms with Crippen molar-refractivity contribution < 1.29 is 19.5 Å². The maximum absolute atomic E-state index is 11.3. The molecule has 1 aromatic heterocycles. The van der Waals surface area contributed by atoms with E-state index in [0.717, 1.165) is 0 Å². The van der Waals surface area contributed by atoms with E-state index in [1.807, 2.05) is 0 Å². The number of nitrogens with one attached hydrogen (secondary N) is 3. The van der Waals surface area contributed by atoms with Crippen molar-refractivity contribution in [3.63, 3.8) is 0 Å². The number of carboxylic acid groups (broad SMARTS) is 1. The molecule has 6 N–H and O–H groups in total. The van der Waals surface area contributed by atoms with E-state index in [2.05, 4.69) is 20.6 Å². The first-order valence-corrected chi connectivity index (χ1v) is 5.01. The second kappa shape index (κ2) is 6.23. The number of aliphatic carboxylic acids is 1. The number of rotatable bonds is 6. The summed E-state index contributed by atoms with van der Waals surface area (Å²) in [6.45, 7) is -0.373. The van der Waals surface area contributed by atoms with Gasteiger partial charge in [0.1, 0.15) is 6.04 Å². The van der Waals surface area contributed by atoms with Crippen LogP contribution < -0.4 is 16.4 Å². The molecule has 0 unspecified atom stereocenters. The molecule has 0 aliphatic carbocycles. The van der Waals surface area contributed by atoms with Crippen LogP contribution in [0.4, 0.5) is 4.79 Å². The van der Waals surface area contributed by atoms with Gasteiger partial charge in [0, 0.05) is 18.3 Å². The van der Waals surface area contributed by atoms with Crippen LogP contribution in [0.1, 0.15) is 5.69 Å². The zero-order valence-electron chi connectivity index (χ0n) is 9.34. The highest BCUT2D eigenvalue weighted by molar-refractivity contribution is 5.87. The van der Waals surface area contributed by atoms with Crippen LogP contribution in [0.5, 0.6) is 0 Å². The lowest BCUT2D eigenvalue weighted by molar-refractivity contribution is -0.141. The lowest BCUT2D eigenvalue weighted by Gasteiger charge is -2.13. The molecule has 0 fully saturated rings. The highest BCUT2D eigenvalue weighted by atomic mass is 16.4. The number of H-pyrrole nitrogens is 1. The van der Waals surface area contributed by atoms with Crippen molar-refractivity contribution in [3.8, 4) is 0 Å². The van der Waals surface area contributed by atoms with Crippen molar-refractivity contribution in [1.29, 1.82) is 0 Å². The van der Waals surface area contributed by atoms with Crippen LogP contribution in [0, 0.1) is 0 Å². The zero-order valence-corrected chi connectivity index (χ0v) is 9.34. The molecule has 0 radical (unpaired) electrons. The first-order chi connectivity index (χ1) is 8.49. The summed E-state index contributed by atoms with van der Waals surface area (Å²) in [6, 6.07) is -1.96. The predicted molar refractivity (Wildman–Crippen MR) is 59.4 cm³/mol. The molecule has 18 heavy (non-hydrogen) atoms. The van der Waals surface area contributed by atoms with Gasteiger partial charge in [-0.3, -0.25) is 4.79 Å². The minimum Gasteiger partial charge on any atom is -0.480 e. The predicted octanol–water partition coefficient (Wildman–Crippen LogP) is -1.81. The summed E-state index contributed by atoms with van der Waals surface area (Å²) in [5.74, 6) is -1.82. The Kier molecular flexibility index (Phi) is 4.67. The summed E-state index contributed by atoms with van der Waals surface area (Å²) in [4.78, 5) is 39.1. The van der Waals surface area contributed by atoms with E-state index in [1.165, 1.54) is 12.5 Å². The molecule has 0 bridgehead atoms. The number of imidazole rings is 1. The maximum Gasteiger partial charge on any atom is 0.326 e. The Labute approximate surface area is 102 Å². The van der Waals surface area contributed by atoms with Crippen molar-refractivity contribution in [3.05, 3.63) is 18.2 Å². The quantitative estimate of drug-likeness (QED) is 0.406. The van der Waals surface area contributed by atoms with Crippen LogP contribution >= 0.6 is 0 Å². The number of nitrogens with two attached hydrogens (primary N) is 1. The molecule has 1 atom stereocenters. The molecule has 1 heterocycles. The number of amides is 3. The van der Waals surface area contributed by atoms with Gasteiger partial charge in [0.25, 0.3) is 0 Å². The molecule has 0 aliphatic heterocycles. The number of urea groups is 1. The number of carbonyl (C=O) groups is 3. The fraction of sp³-hybridized carbons (Fsp3) is 0.333. The number of aromatic nitrogens is 2. The first-order valence-electron chi connectivity index (χ1n) is 5.01. The van der Waals surface area contributed by atoms with Gasteiger partial charge in [-0.25, -0.2) is 14.6 Å². The summed E-state index contributed by atoms with van der Waals surface area (Å²) in [5.41, 5.74) is 5.36. The monoisotopic (exact) mass is 255 g/mol. The van der Waals surface area contributed by atoms with Crippen LogP contribution in [0.15, 0.2) is 12.5 Å². The standard InChI is InChI=1S/C9H13N5O4/c10-9(18)12-3-7(15)14-6(8(16)17)1-5-2-11-4-13-5/h2,4,6H,1,3H2,(H,11,13)(H,14,15)(H,16,17)(H3,10,12,18)/t6-/m1/s1. The van der Waals surface area contributed by atoms with Gasteiger partial charge in [0.05, 0.1) is 12.9 Å². The van der Waals surface area contributed by atoms with Crippen LogP contribution in [0.3, 0.4) is 0 Å². The lowest BCUT2D eigenvalue weighted by Crippen LogP contribution is -2.47. The van der Waals surface area contributed by atoms with Crippen molar-refractivity contribution in [2.45, 2.75) is 12.5 Å². The van der Waals surface area contributed by atoms with Crippen LogP contribution in [0.2, 0.25) is 0 Å². The molecule has 0 spiro atoms. The molecule has 3 amide bonds. The molecular weight excluding hydrogens is 242 g/mol. The zero-order chi connectivity index (χ0) is 13.5. The molecule has 0 saturated carbocycles. The summed E-state index contributed by atoms with van der Waals surface area (Å²) >= 11 is 0. The van der Waals surface area contributed by atoms with Crippen LogP contribution in [0.25, 0.3) is 0 Å². The van der Waals surface area contributed by atoms with E-state index < -0.39 is 23.9 Å². The van der Waals surface area contributed by atoms with Gasteiger partial charge >= 0.3 is 12.0 Å². The Bertz CT molecular complexity index is 430. The molecular formula is C9H13N5O4. The molecule has 9 heteroatoms. The van der Waals surface area contributed by atoms with Gasteiger partial charge in [-0.05, 0) is 0 Å². The molecule has 0 saturated heterocycles. The largest absolute Gasteiger partial charge is 0.480 e. The van der Waals surface area contributed by atoms with Crippen molar-refractivity contribution in [1.82, 2.24) is 20.6 Å². The van der Waals surface area contributed by atoms with Gasteiger partial charge in [0.2, 0.25) is 5.91 Å². The molecule has 9 nitrogen and oxygen atoms in total. The topological polar surface area (TPSA) is 150 Å². The van der Waals surface area contributed by atoms with Gasteiger partial charge in [-0.2, -0.15) is 0 Å². The molecule has 1 rings (SSSR count). The average Bonchev–Trinajstić information content (AvgIpc) is 2.78. The molecule has 0 aromatic carbocycles. The number of carboxylic acids is 1. The maximum atomic E-state index is 11.3. The summed E-state index contributed by atoms with van der Waals surface area (Å²) in [6.07, 6.45) is 2.94. The number of hydrogen-bond acceptors (Lipinski definition) is 4. The number of aromatic amines is 1. The number of primary amides is 1. The van der Waals surface area contributed by atoms with Crippen molar-refractivity contribution >= 4 is 17.9 Å². The van der Waals surface area contributed by atoms with E-state index in [9.17, 15) is 14.4 Å². The van der Waals surface area contributed by atoms with Gasteiger partial charge in [-0.1, -0.05) is 0 Å². The first kappa shape index (κ1) is 13.5. The third kappa shape index (κ3) is 4.51. The van der Waals surface area contributed by atoms with Gasteiger partial charge in [-0.15, -0.1) is 0 Å². The van der Waals surface area contributed by atoms with Crippen molar-refractivity contribution in [2.75, 3.05) is 6.54 Å². The molecule has 98 valence electrons. The van der Waals surface area contributed by atoms with E-state index in [0.29, 0.717) is 5.69 Å². The summed E-state index contributed by atoms with van der Waals surface area (Å²) < 4.78 is 0. The number of carbonyl (C=O) groups excluding carboxylic acids is 2. The van der Waals surface area contributed by atoms with Gasteiger partial charge < -0.3 is 26.5 Å². The molecule has 1 aromatic rings. The van der Waals surface area contributed by atoms with E-state index in [4.69, 9.17) is 10.8 Å². The highest BCUT2D eigenvalue weighted by Gasteiger charge is 2.20. The Hall–Kier alpha value is -2.58. The minimum atomic E-state index is -1.18. The number of hydrogen-bond donors (Lipinski definition) is 5. The summed E-state index contributed by atoms with van der Waals surface area (Å²) in [5, 5.41) is 13.3. The second-order valence-corrected chi connectivity index (χ2v) is 3.46. The van der Waals surface area contributed by atoms with Crippen LogP contribution in [-0.2, 0) is 16.0 Å².